The Hall–Kier alpha value is -1.12. The molecule has 0 saturated heterocycles. The van der Waals surface area contributed by atoms with Crippen LogP contribution >= 0.6 is 0 Å². The van der Waals surface area contributed by atoms with E-state index in [0.717, 1.165) is 17.6 Å². The first-order valence-corrected chi connectivity index (χ1v) is 5.68. The summed E-state index contributed by atoms with van der Waals surface area (Å²) in [7, 11) is 0. The lowest BCUT2D eigenvalue weighted by Gasteiger charge is -2.39. The molecule has 86 valence electrons. The molecule has 0 aliphatic heterocycles. The van der Waals surface area contributed by atoms with Crippen LogP contribution in [0.4, 0.5) is 0 Å². The van der Waals surface area contributed by atoms with Gasteiger partial charge in [-0.15, -0.1) is 0 Å². The Morgan fingerprint density at radius 3 is 2.38 bits per heavy atom. The molecule has 3 N–H and O–H groups in total. The molecule has 0 saturated carbocycles. The van der Waals surface area contributed by atoms with Crippen LogP contribution in [0.1, 0.15) is 32.3 Å². The predicted octanol–water partition coefficient (Wildman–Crippen LogP) is 2.33. The third-order valence-corrected chi connectivity index (χ3v) is 3.19. The Bertz CT molecular complexity index is 404. The number of benzene rings is 1. The summed E-state index contributed by atoms with van der Waals surface area (Å²) in [5.74, 6) is 0. The van der Waals surface area contributed by atoms with Crippen molar-refractivity contribution in [3.05, 3.63) is 42.0 Å². The van der Waals surface area contributed by atoms with E-state index in [2.05, 4.69) is 6.08 Å². The molecule has 0 heterocycles. The fourth-order valence-electron chi connectivity index (χ4n) is 2.56. The first-order valence-electron chi connectivity index (χ1n) is 5.68. The largest absolute Gasteiger partial charge is 0.385 e. The lowest BCUT2D eigenvalue weighted by atomic mass is 9.73. The molecule has 2 rings (SSSR count). The van der Waals surface area contributed by atoms with Gasteiger partial charge in [-0.05, 0) is 37.8 Å². The third-order valence-electron chi connectivity index (χ3n) is 3.19. The molecule has 0 aromatic heterocycles. The number of hydrogen-bond donors (Lipinski definition) is 2. The SMILES string of the molecule is C[C@@]1(N)CC=C(c2ccccc2)[C@@](C)(O)C1. The molecule has 0 fully saturated rings. The van der Waals surface area contributed by atoms with E-state index in [9.17, 15) is 5.11 Å². The Morgan fingerprint density at radius 1 is 1.19 bits per heavy atom. The van der Waals surface area contributed by atoms with E-state index in [1.54, 1.807) is 0 Å². The van der Waals surface area contributed by atoms with E-state index < -0.39 is 5.60 Å². The Balaban J connectivity index is 2.39. The van der Waals surface area contributed by atoms with Crippen LogP contribution in [0, 0.1) is 0 Å². The van der Waals surface area contributed by atoms with Gasteiger partial charge in [0.2, 0.25) is 0 Å². The average molecular weight is 217 g/mol. The number of aliphatic hydroxyl groups is 1. The zero-order valence-corrected chi connectivity index (χ0v) is 9.90. The summed E-state index contributed by atoms with van der Waals surface area (Å²) in [6.07, 6.45) is 3.48. The van der Waals surface area contributed by atoms with Crippen molar-refractivity contribution in [2.24, 2.45) is 5.73 Å². The highest BCUT2D eigenvalue weighted by molar-refractivity contribution is 5.72. The monoisotopic (exact) mass is 217 g/mol. The molecule has 2 heteroatoms. The minimum Gasteiger partial charge on any atom is -0.385 e. The molecule has 1 aromatic rings. The second kappa shape index (κ2) is 3.72. The highest BCUT2D eigenvalue weighted by atomic mass is 16.3. The van der Waals surface area contributed by atoms with Crippen LogP contribution < -0.4 is 5.73 Å². The number of nitrogens with two attached hydrogens (primary N) is 1. The first-order chi connectivity index (χ1) is 7.41. The Kier molecular flexibility index (Phi) is 2.64. The molecule has 16 heavy (non-hydrogen) atoms. The van der Waals surface area contributed by atoms with Crippen molar-refractivity contribution >= 4 is 5.57 Å². The van der Waals surface area contributed by atoms with E-state index in [1.165, 1.54) is 0 Å². The van der Waals surface area contributed by atoms with Crippen molar-refractivity contribution in [1.82, 2.24) is 0 Å². The smallest absolute Gasteiger partial charge is 0.0888 e. The maximum Gasteiger partial charge on any atom is 0.0888 e. The normalized spacial score (nSPS) is 34.6. The van der Waals surface area contributed by atoms with E-state index >= 15 is 0 Å². The van der Waals surface area contributed by atoms with E-state index in [1.807, 2.05) is 44.2 Å². The number of rotatable bonds is 1. The molecular formula is C14H19NO. The van der Waals surface area contributed by atoms with Gasteiger partial charge in [-0.2, -0.15) is 0 Å². The number of hydrogen-bond acceptors (Lipinski definition) is 2. The summed E-state index contributed by atoms with van der Waals surface area (Å²) in [6, 6.07) is 10.0. The summed E-state index contributed by atoms with van der Waals surface area (Å²) < 4.78 is 0. The Morgan fingerprint density at radius 2 is 1.81 bits per heavy atom. The summed E-state index contributed by atoms with van der Waals surface area (Å²) in [5.41, 5.74) is 7.04. The second-order valence-electron chi connectivity index (χ2n) is 5.29. The minimum absolute atomic E-state index is 0.304. The van der Waals surface area contributed by atoms with Gasteiger partial charge in [-0.3, -0.25) is 0 Å². The van der Waals surface area contributed by atoms with Crippen LogP contribution in [-0.2, 0) is 0 Å². The van der Waals surface area contributed by atoms with Crippen LogP contribution in [0.5, 0.6) is 0 Å². The minimum atomic E-state index is -0.830. The van der Waals surface area contributed by atoms with E-state index in [-0.39, 0.29) is 5.54 Å². The molecule has 1 aromatic carbocycles. The highest BCUT2D eigenvalue weighted by Gasteiger charge is 2.37. The molecule has 1 aliphatic rings. The molecule has 0 spiro atoms. The van der Waals surface area contributed by atoms with Crippen LogP contribution in [0.15, 0.2) is 36.4 Å². The Labute approximate surface area is 96.8 Å². The second-order valence-corrected chi connectivity index (χ2v) is 5.29. The van der Waals surface area contributed by atoms with Crippen LogP contribution in [0.2, 0.25) is 0 Å². The van der Waals surface area contributed by atoms with Gasteiger partial charge in [0.25, 0.3) is 0 Å². The van der Waals surface area contributed by atoms with Crippen molar-refractivity contribution in [2.45, 2.75) is 37.8 Å². The lowest BCUT2D eigenvalue weighted by Crippen LogP contribution is -2.47. The van der Waals surface area contributed by atoms with Crippen molar-refractivity contribution in [3.8, 4) is 0 Å². The molecule has 2 nitrogen and oxygen atoms in total. The molecule has 0 amide bonds. The standard InChI is InChI=1S/C14H19NO/c1-13(15)9-8-12(14(2,16)10-13)11-6-4-3-5-7-11/h3-8,16H,9-10,15H2,1-2H3/t13-,14+/m1/s1. The van der Waals surface area contributed by atoms with Gasteiger partial charge >= 0.3 is 0 Å². The maximum atomic E-state index is 10.5. The van der Waals surface area contributed by atoms with Crippen LogP contribution in [0.3, 0.4) is 0 Å². The maximum absolute atomic E-state index is 10.5. The van der Waals surface area contributed by atoms with Gasteiger partial charge in [0, 0.05) is 5.54 Å². The predicted molar refractivity (Wildman–Crippen MR) is 66.9 cm³/mol. The van der Waals surface area contributed by atoms with Gasteiger partial charge < -0.3 is 10.8 Å². The quantitative estimate of drug-likeness (QED) is 0.758. The first kappa shape index (κ1) is 11.4. The molecule has 0 radical (unpaired) electrons. The fourth-order valence-corrected chi connectivity index (χ4v) is 2.56. The summed E-state index contributed by atoms with van der Waals surface area (Å²) in [6.45, 7) is 3.83. The molecular weight excluding hydrogens is 198 g/mol. The van der Waals surface area contributed by atoms with Gasteiger partial charge in [0.1, 0.15) is 0 Å². The van der Waals surface area contributed by atoms with Gasteiger partial charge in [-0.25, -0.2) is 0 Å². The summed E-state index contributed by atoms with van der Waals surface area (Å²) >= 11 is 0. The van der Waals surface area contributed by atoms with Gasteiger partial charge in [-0.1, -0.05) is 36.4 Å². The summed E-state index contributed by atoms with van der Waals surface area (Å²) in [5, 5.41) is 10.5. The van der Waals surface area contributed by atoms with Crippen molar-refractivity contribution in [3.63, 3.8) is 0 Å². The molecule has 0 bridgehead atoms. The summed E-state index contributed by atoms with van der Waals surface area (Å²) in [4.78, 5) is 0. The van der Waals surface area contributed by atoms with Gasteiger partial charge in [0.15, 0.2) is 0 Å². The molecule has 2 atom stereocenters. The van der Waals surface area contributed by atoms with E-state index in [4.69, 9.17) is 5.73 Å². The van der Waals surface area contributed by atoms with E-state index in [0.29, 0.717) is 6.42 Å². The average Bonchev–Trinajstić information content (AvgIpc) is 2.16. The fraction of sp³-hybridized carbons (Fsp3) is 0.429. The zero-order chi connectivity index (χ0) is 11.8. The third kappa shape index (κ3) is 2.18. The van der Waals surface area contributed by atoms with Crippen LogP contribution in [0.25, 0.3) is 5.57 Å². The highest BCUT2D eigenvalue weighted by Crippen LogP contribution is 2.38. The lowest BCUT2D eigenvalue weighted by molar-refractivity contribution is 0.0809. The van der Waals surface area contributed by atoms with Crippen LogP contribution in [-0.4, -0.2) is 16.2 Å². The molecule has 0 unspecified atom stereocenters. The molecule has 1 aliphatic carbocycles. The van der Waals surface area contributed by atoms with Crippen molar-refractivity contribution in [1.29, 1.82) is 0 Å². The topological polar surface area (TPSA) is 46.2 Å². The van der Waals surface area contributed by atoms with Gasteiger partial charge in [0.05, 0.1) is 5.60 Å². The zero-order valence-electron chi connectivity index (χ0n) is 9.90. The van der Waals surface area contributed by atoms with Crippen molar-refractivity contribution in [2.75, 3.05) is 0 Å². The van der Waals surface area contributed by atoms with Crippen molar-refractivity contribution < 1.29 is 5.11 Å².